The van der Waals surface area contributed by atoms with Crippen molar-refractivity contribution in [3.63, 3.8) is 0 Å². The van der Waals surface area contributed by atoms with Crippen molar-refractivity contribution in [2.75, 3.05) is 19.0 Å². The molecule has 0 heterocycles. The Kier molecular flexibility index (Phi) is 6.87. The molecule has 2 N–H and O–H groups in total. The fourth-order valence-corrected chi connectivity index (χ4v) is 3.79. The van der Waals surface area contributed by atoms with Gasteiger partial charge in [0.2, 0.25) is 10.0 Å². The van der Waals surface area contributed by atoms with Crippen LogP contribution in [0.1, 0.15) is 17.3 Å². The zero-order chi connectivity index (χ0) is 19.3. The number of ether oxygens (including phenoxy) is 1. The van der Waals surface area contributed by atoms with Crippen LogP contribution in [0.3, 0.4) is 0 Å². The number of hydrogen-bond acceptors (Lipinski definition) is 4. The van der Waals surface area contributed by atoms with Crippen LogP contribution in [0, 0.1) is 5.82 Å². The van der Waals surface area contributed by atoms with Crippen molar-refractivity contribution in [2.45, 2.75) is 17.9 Å². The standard InChI is InChI=1S/C17H18BrFN2O4S/c1-11(10-25-2)21-26(23,24)14-6-4-13(5-7-14)20-17(22)15-9-12(18)3-8-16(15)19/h3-9,11,21H,10H2,1-2H3,(H,20,22)/t11-/m1/s1. The Bertz CT molecular complexity index is 888. The quantitative estimate of drug-likeness (QED) is 0.686. The molecule has 0 saturated carbocycles. The molecule has 0 saturated heterocycles. The van der Waals surface area contributed by atoms with E-state index in [-0.39, 0.29) is 23.1 Å². The maximum Gasteiger partial charge on any atom is 0.258 e. The Morgan fingerprint density at radius 2 is 1.88 bits per heavy atom. The predicted octanol–water partition coefficient (Wildman–Crippen LogP) is 3.15. The van der Waals surface area contributed by atoms with E-state index in [4.69, 9.17) is 4.74 Å². The number of benzene rings is 2. The molecule has 6 nitrogen and oxygen atoms in total. The van der Waals surface area contributed by atoms with E-state index in [0.717, 1.165) is 0 Å². The Labute approximate surface area is 159 Å². The van der Waals surface area contributed by atoms with E-state index in [0.29, 0.717) is 10.2 Å². The number of anilines is 1. The minimum absolute atomic E-state index is 0.0482. The molecule has 1 atom stereocenters. The Hall–Kier alpha value is -1.81. The van der Waals surface area contributed by atoms with Gasteiger partial charge in [0.05, 0.1) is 17.1 Å². The second-order valence-electron chi connectivity index (χ2n) is 5.58. The van der Waals surface area contributed by atoms with Crippen LogP contribution in [0.25, 0.3) is 0 Å². The van der Waals surface area contributed by atoms with Crippen LogP contribution in [-0.4, -0.2) is 34.1 Å². The third kappa shape index (κ3) is 5.34. The van der Waals surface area contributed by atoms with Crippen molar-refractivity contribution in [3.05, 3.63) is 58.3 Å². The highest BCUT2D eigenvalue weighted by Crippen LogP contribution is 2.19. The fourth-order valence-electron chi connectivity index (χ4n) is 2.20. The predicted molar refractivity (Wildman–Crippen MR) is 100 cm³/mol. The number of rotatable bonds is 7. The highest BCUT2D eigenvalue weighted by atomic mass is 79.9. The van der Waals surface area contributed by atoms with Gasteiger partial charge in [0.15, 0.2) is 0 Å². The van der Waals surface area contributed by atoms with Crippen molar-refractivity contribution in [3.8, 4) is 0 Å². The van der Waals surface area contributed by atoms with Crippen LogP contribution >= 0.6 is 15.9 Å². The maximum absolute atomic E-state index is 13.7. The number of amides is 1. The normalized spacial score (nSPS) is 12.6. The maximum atomic E-state index is 13.7. The number of halogens is 2. The van der Waals surface area contributed by atoms with Crippen molar-refractivity contribution >= 4 is 37.5 Å². The van der Waals surface area contributed by atoms with Gasteiger partial charge in [-0.05, 0) is 49.4 Å². The van der Waals surface area contributed by atoms with Crippen LogP contribution in [0.4, 0.5) is 10.1 Å². The van der Waals surface area contributed by atoms with Gasteiger partial charge in [-0.2, -0.15) is 0 Å². The zero-order valence-electron chi connectivity index (χ0n) is 14.1. The molecule has 0 radical (unpaired) electrons. The molecule has 0 aromatic heterocycles. The lowest BCUT2D eigenvalue weighted by atomic mass is 10.2. The van der Waals surface area contributed by atoms with Gasteiger partial charge < -0.3 is 10.1 Å². The molecule has 0 aliphatic rings. The summed E-state index contributed by atoms with van der Waals surface area (Å²) in [7, 11) is -2.22. The second kappa shape index (κ2) is 8.72. The summed E-state index contributed by atoms with van der Waals surface area (Å²) in [5, 5.41) is 2.53. The number of carbonyl (C=O) groups excluding carboxylic acids is 1. The van der Waals surface area contributed by atoms with E-state index in [9.17, 15) is 17.6 Å². The van der Waals surface area contributed by atoms with Gasteiger partial charge in [-0.3, -0.25) is 4.79 Å². The number of sulfonamides is 1. The molecule has 0 unspecified atom stereocenters. The molecule has 2 aromatic carbocycles. The first kappa shape index (κ1) is 20.5. The van der Waals surface area contributed by atoms with E-state index in [1.54, 1.807) is 6.92 Å². The molecule has 0 fully saturated rings. The monoisotopic (exact) mass is 444 g/mol. The van der Waals surface area contributed by atoms with E-state index < -0.39 is 21.7 Å². The Morgan fingerprint density at radius 3 is 2.50 bits per heavy atom. The van der Waals surface area contributed by atoms with E-state index >= 15 is 0 Å². The molecule has 0 aliphatic carbocycles. The number of carbonyl (C=O) groups is 1. The minimum Gasteiger partial charge on any atom is -0.383 e. The van der Waals surface area contributed by atoms with Gasteiger partial charge >= 0.3 is 0 Å². The van der Waals surface area contributed by atoms with Gasteiger partial charge in [0.25, 0.3) is 5.91 Å². The Balaban J connectivity index is 2.12. The average molecular weight is 445 g/mol. The summed E-state index contributed by atoms with van der Waals surface area (Å²) in [6.45, 7) is 1.92. The topological polar surface area (TPSA) is 84.5 Å². The van der Waals surface area contributed by atoms with Crippen LogP contribution in [0.5, 0.6) is 0 Å². The molecule has 0 bridgehead atoms. The fraction of sp³-hybridized carbons (Fsp3) is 0.235. The van der Waals surface area contributed by atoms with Crippen molar-refractivity contribution in [1.82, 2.24) is 4.72 Å². The van der Waals surface area contributed by atoms with Crippen molar-refractivity contribution in [2.24, 2.45) is 0 Å². The zero-order valence-corrected chi connectivity index (χ0v) is 16.5. The first-order chi connectivity index (χ1) is 12.2. The molecule has 2 rings (SSSR count). The molecule has 0 spiro atoms. The van der Waals surface area contributed by atoms with Crippen LogP contribution in [0.2, 0.25) is 0 Å². The first-order valence-electron chi connectivity index (χ1n) is 7.60. The van der Waals surface area contributed by atoms with Crippen molar-refractivity contribution in [1.29, 1.82) is 0 Å². The third-order valence-electron chi connectivity index (χ3n) is 3.37. The average Bonchev–Trinajstić information content (AvgIpc) is 2.57. The SMILES string of the molecule is COC[C@@H](C)NS(=O)(=O)c1ccc(NC(=O)c2cc(Br)ccc2F)cc1. The summed E-state index contributed by atoms with van der Waals surface area (Å²) in [4.78, 5) is 12.2. The highest BCUT2D eigenvalue weighted by Gasteiger charge is 2.18. The lowest BCUT2D eigenvalue weighted by Gasteiger charge is -2.13. The van der Waals surface area contributed by atoms with E-state index in [1.165, 1.54) is 49.6 Å². The summed E-state index contributed by atoms with van der Waals surface area (Å²) < 4.78 is 46.2. The van der Waals surface area contributed by atoms with Crippen LogP contribution in [-0.2, 0) is 14.8 Å². The number of hydrogen-bond donors (Lipinski definition) is 2. The third-order valence-corrected chi connectivity index (χ3v) is 5.47. The van der Waals surface area contributed by atoms with E-state index in [1.807, 2.05) is 0 Å². The molecule has 140 valence electrons. The lowest BCUT2D eigenvalue weighted by molar-refractivity contribution is 0.102. The highest BCUT2D eigenvalue weighted by molar-refractivity contribution is 9.10. The van der Waals surface area contributed by atoms with Gasteiger partial charge in [-0.15, -0.1) is 0 Å². The summed E-state index contributed by atoms with van der Waals surface area (Å²) >= 11 is 3.18. The first-order valence-corrected chi connectivity index (χ1v) is 9.88. The summed E-state index contributed by atoms with van der Waals surface area (Å²) in [5.74, 6) is -1.28. The molecule has 9 heteroatoms. The molecule has 26 heavy (non-hydrogen) atoms. The van der Waals surface area contributed by atoms with Crippen LogP contribution < -0.4 is 10.0 Å². The van der Waals surface area contributed by atoms with Gasteiger partial charge in [-0.1, -0.05) is 15.9 Å². The molecular weight excluding hydrogens is 427 g/mol. The molecule has 2 aromatic rings. The van der Waals surface area contributed by atoms with Gasteiger partial charge in [-0.25, -0.2) is 17.5 Å². The van der Waals surface area contributed by atoms with Gasteiger partial charge in [0, 0.05) is 23.3 Å². The molecule has 1 amide bonds. The summed E-state index contributed by atoms with van der Waals surface area (Å²) in [6.07, 6.45) is 0. The smallest absolute Gasteiger partial charge is 0.258 e. The van der Waals surface area contributed by atoms with Gasteiger partial charge in [0.1, 0.15) is 5.82 Å². The van der Waals surface area contributed by atoms with Crippen LogP contribution in [0.15, 0.2) is 51.8 Å². The van der Waals surface area contributed by atoms with Crippen molar-refractivity contribution < 1.29 is 22.3 Å². The molecule has 0 aliphatic heterocycles. The van der Waals surface area contributed by atoms with E-state index in [2.05, 4.69) is 26.0 Å². The summed E-state index contributed by atoms with van der Waals surface area (Å²) in [5.41, 5.74) is 0.226. The molecular formula is C17H18BrFN2O4S. The minimum atomic E-state index is -3.70. The Morgan fingerprint density at radius 1 is 1.23 bits per heavy atom. The number of nitrogens with one attached hydrogen (secondary N) is 2. The number of methoxy groups -OCH3 is 1. The lowest BCUT2D eigenvalue weighted by Crippen LogP contribution is -2.35. The summed E-state index contributed by atoms with van der Waals surface area (Å²) in [6, 6.07) is 9.23. The largest absolute Gasteiger partial charge is 0.383 e. The second-order valence-corrected chi connectivity index (χ2v) is 8.21.